The first kappa shape index (κ1) is 17.9. The molecule has 0 fully saturated rings. The van der Waals surface area contributed by atoms with Gasteiger partial charge in [0, 0.05) is 22.9 Å². The fraction of sp³-hybridized carbons (Fsp3) is 0.579. The molecule has 2 unspecified atom stereocenters. The second-order valence-corrected chi connectivity index (χ2v) is 6.05. The molecule has 0 aliphatic carbocycles. The maximum atomic E-state index is 6.39. The molecule has 0 spiro atoms. The van der Waals surface area contributed by atoms with Gasteiger partial charge in [0.15, 0.2) is 0 Å². The smallest absolute Gasteiger partial charge is 0.126 e. The molecule has 2 atom stereocenters. The fourth-order valence-electron chi connectivity index (χ4n) is 2.46. The molecule has 116 valence electrons. The molecule has 0 heterocycles. The summed E-state index contributed by atoms with van der Waals surface area (Å²) >= 11 is 6.39. The number of benzene rings is 1. The molecule has 1 aromatic rings. The van der Waals surface area contributed by atoms with Gasteiger partial charge in [0.25, 0.3) is 0 Å². The summed E-state index contributed by atoms with van der Waals surface area (Å²) in [6.45, 7) is 13.5. The van der Waals surface area contributed by atoms with Crippen molar-refractivity contribution in [1.82, 2.24) is 0 Å². The van der Waals surface area contributed by atoms with Crippen LogP contribution in [0.25, 0.3) is 0 Å². The Hall–Kier alpha value is -1.13. The van der Waals surface area contributed by atoms with Crippen LogP contribution in [0.2, 0.25) is 5.02 Å². The number of hydrogen-bond acceptors (Lipinski definition) is 1. The quantitative estimate of drug-likeness (QED) is 0.615. The van der Waals surface area contributed by atoms with Crippen LogP contribution in [0.5, 0.6) is 5.75 Å². The normalized spacial score (nSPS) is 13.3. The van der Waals surface area contributed by atoms with Crippen molar-refractivity contribution in [3.05, 3.63) is 27.8 Å². The molecular weight excluding hydrogens is 280 g/mol. The van der Waals surface area contributed by atoms with Crippen molar-refractivity contribution in [2.45, 2.75) is 60.3 Å². The molecule has 1 aromatic carbocycles. The van der Waals surface area contributed by atoms with Crippen LogP contribution in [0, 0.1) is 31.6 Å². The van der Waals surface area contributed by atoms with Crippen LogP contribution in [0.1, 0.15) is 63.1 Å². The highest BCUT2D eigenvalue weighted by Crippen LogP contribution is 2.40. The summed E-state index contributed by atoms with van der Waals surface area (Å²) in [5.74, 6) is 8.10. The zero-order valence-electron chi connectivity index (χ0n) is 14.1. The highest BCUT2D eigenvalue weighted by atomic mass is 35.5. The molecular formula is C19H27ClO. The van der Waals surface area contributed by atoms with Crippen LogP contribution in [0.3, 0.4) is 0 Å². The molecule has 0 aliphatic heterocycles. The lowest BCUT2D eigenvalue weighted by Gasteiger charge is -2.24. The van der Waals surface area contributed by atoms with Crippen molar-refractivity contribution < 1.29 is 4.74 Å². The fourth-order valence-corrected chi connectivity index (χ4v) is 2.72. The van der Waals surface area contributed by atoms with Crippen LogP contribution < -0.4 is 4.74 Å². The third-order valence-corrected chi connectivity index (χ3v) is 4.26. The van der Waals surface area contributed by atoms with Crippen LogP contribution in [0.15, 0.2) is 6.07 Å². The van der Waals surface area contributed by atoms with Crippen molar-refractivity contribution in [2.75, 3.05) is 6.61 Å². The van der Waals surface area contributed by atoms with E-state index in [9.17, 15) is 0 Å². The van der Waals surface area contributed by atoms with E-state index in [-0.39, 0.29) is 5.92 Å². The third-order valence-electron chi connectivity index (χ3n) is 3.87. The van der Waals surface area contributed by atoms with E-state index in [1.807, 2.05) is 6.07 Å². The molecule has 0 aliphatic rings. The molecule has 0 bridgehead atoms. The topological polar surface area (TPSA) is 9.23 Å². The Balaban J connectivity index is 3.30. The third kappa shape index (κ3) is 4.42. The van der Waals surface area contributed by atoms with Crippen LogP contribution in [-0.2, 0) is 0 Å². The van der Waals surface area contributed by atoms with Gasteiger partial charge in [-0.25, -0.2) is 0 Å². The zero-order valence-corrected chi connectivity index (χ0v) is 14.9. The largest absolute Gasteiger partial charge is 0.493 e. The van der Waals surface area contributed by atoms with Crippen molar-refractivity contribution in [1.29, 1.82) is 0 Å². The lowest BCUT2D eigenvalue weighted by Crippen LogP contribution is -2.11. The van der Waals surface area contributed by atoms with Crippen molar-refractivity contribution >= 4 is 11.6 Å². The molecule has 2 heteroatoms. The van der Waals surface area contributed by atoms with Gasteiger partial charge in [-0.1, -0.05) is 45.2 Å². The summed E-state index contributed by atoms with van der Waals surface area (Å²) in [6, 6.07) is 2.00. The van der Waals surface area contributed by atoms with Gasteiger partial charge >= 0.3 is 0 Å². The lowest BCUT2D eigenvalue weighted by atomic mass is 9.85. The van der Waals surface area contributed by atoms with Gasteiger partial charge < -0.3 is 4.74 Å². The lowest BCUT2D eigenvalue weighted by molar-refractivity contribution is 0.308. The predicted octanol–water partition coefficient (Wildman–Crippen LogP) is 5.90. The van der Waals surface area contributed by atoms with Gasteiger partial charge in [-0.15, -0.1) is 5.92 Å². The Kier molecular flexibility index (Phi) is 7.12. The first-order chi connectivity index (χ1) is 9.93. The molecule has 21 heavy (non-hydrogen) atoms. The Morgan fingerprint density at radius 1 is 1.24 bits per heavy atom. The molecule has 1 nitrogen and oxygen atoms in total. The first-order valence-corrected chi connectivity index (χ1v) is 8.22. The molecule has 1 rings (SSSR count). The van der Waals surface area contributed by atoms with E-state index in [1.165, 1.54) is 5.56 Å². The van der Waals surface area contributed by atoms with E-state index >= 15 is 0 Å². The highest BCUT2D eigenvalue weighted by Gasteiger charge is 2.22. The molecule has 0 amide bonds. The van der Waals surface area contributed by atoms with Gasteiger partial charge in [0.2, 0.25) is 0 Å². The minimum absolute atomic E-state index is 0.283. The van der Waals surface area contributed by atoms with Crippen LogP contribution in [-0.4, -0.2) is 6.61 Å². The number of hydrogen-bond donors (Lipinski definition) is 0. The summed E-state index contributed by atoms with van der Waals surface area (Å²) in [7, 11) is 0. The van der Waals surface area contributed by atoms with Gasteiger partial charge in [0.05, 0.1) is 6.61 Å². The minimum atomic E-state index is 0.283. The summed E-state index contributed by atoms with van der Waals surface area (Å²) in [5.41, 5.74) is 3.44. The Labute approximate surface area is 135 Å². The minimum Gasteiger partial charge on any atom is -0.493 e. The molecule has 0 saturated heterocycles. The number of rotatable bonds is 5. The van der Waals surface area contributed by atoms with E-state index in [0.29, 0.717) is 5.92 Å². The number of aryl methyl sites for hydroxylation is 1. The monoisotopic (exact) mass is 306 g/mol. The van der Waals surface area contributed by atoms with Crippen molar-refractivity contribution in [3.63, 3.8) is 0 Å². The second kappa shape index (κ2) is 8.35. The van der Waals surface area contributed by atoms with E-state index in [4.69, 9.17) is 16.3 Å². The van der Waals surface area contributed by atoms with Crippen LogP contribution in [0.4, 0.5) is 0 Å². The average Bonchev–Trinajstić information content (AvgIpc) is 2.46. The molecule has 0 saturated carbocycles. The summed E-state index contributed by atoms with van der Waals surface area (Å²) in [4.78, 5) is 0. The van der Waals surface area contributed by atoms with Gasteiger partial charge in [-0.2, -0.15) is 0 Å². The number of ether oxygens (including phenoxy) is 1. The second-order valence-electron chi connectivity index (χ2n) is 5.64. The summed E-state index contributed by atoms with van der Waals surface area (Å²) in [5, 5.41) is 0.814. The van der Waals surface area contributed by atoms with E-state index in [2.05, 4.69) is 53.4 Å². The highest BCUT2D eigenvalue weighted by molar-refractivity contribution is 6.31. The molecule has 0 N–H and O–H groups in total. The SMILES string of the molecule is CCC#CC(C)C(C)c1c(C)c(Cl)cc(C)c1OCCC. The molecule has 0 radical (unpaired) electrons. The Bertz CT molecular complexity index is 537. The maximum absolute atomic E-state index is 6.39. The van der Waals surface area contributed by atoms with Gasteiger partial charge in [0.1, 0.15) is 5.75 Å². The first-order valence-electron chi connectivity index (χ1n) is 7.84. The standard InChI is InChI=1S/C19H27ClO/c1-7-9-10-13(3)15(5)18-16(6)17(20)12-14(4)19(18)21-11-8-2/h12-13,15H,7-8,11H2,1-6H3. The zero-order chi connectivity index (χ0) is 16.0. The predicted molar refractivity (Wildman–Crippen MR) is 92.4 cm³/mol. The van der Waals surface area contributed by atoms with Gasteiger partial charge in [-0.3, -0.25) is 0 Å². The van der Waals surface area contributed by atoms with Gasteiger partial charge in [-0.05, 0) is 43.4 Å². The van der Waals surface area contributed by atoms with Crippen molar-refractivity contribution in [2.24, 2.45) is 5.92 Å². The number of halogens is 1. The van der Waals surface area contributed by atoms with Crippen molar-refractivity contribution in [3.8, 4) is 17.6 Å². The molecule has 0 aromatic heterocycles. The van der Waals surface area contributed by atoms with E-state index in [1.54, 1.807) is 0 Å². The Morgan fingerprint density at radius 3 is 2.48 bits per heavy atom. The summed E-state index contributed by atoms with van der Waals surface area (Å²) in [6.07, 6.45) is 1.89. The summed E-state index contributed by atoms with van der Waals surface area (Å²) < 4.78 is 6.02. The van der Waals surface area contributed by atoms with E-state index in [0.717, 1.165) is 41.3 Å². The maximum Gasteiger partial charge on any atom is 0.126 e. The van der Waals surface area contributed by atoms with Crippen LogP contribution >= 0.6 is 11.6 Å². The average molecular weight is 307 g/mol. The Morgan fingerprint density at radius 2 is 1.90 bits per heavy atom. The van der Waals surface area contributed by atoms with E-state index < -0.39 is 0 Å².